The predicted octanol–water partition coefficient (Wildman–Crippen LogP) is 3.94. The number of imidazole rings is 1. The van der Waals surface area contributed by atoms with Crippen molar-refractivity contribution in [1.82, 2.24) is 15.3 Å². The molecule has 0 aliphatic heterocycles. The first-order valence-electron chi connectivity index (χ1n) is 7.53. The Morgan fingerprint density at radius 1 is 1.16 bits per heavy atom. The maximum absolute atomic E-state index is 4.68. The molecule has 0 bridgehead atoms. The van der Waals surface area contributed by atoms with Crippen molar-refractivity contribution in [2.24, 2.45) is 0 Å². The molecule has 3 rings (SSSR count). The fourth-order valence-corrected chi connectivity index (χ4v) is 3.06. The minimum atomic E-state index is 0.301. The van der Waals surface area contributed by atoms with Gasteiger partial charge in [-0.3, -0.25) is 0 Å². The third kappa shape index (κ3) is 2.98. The Bertz CT molecular complexity index is 491. The molecule has 3 heteroatoms. The van der Waals surface area contributed by atoms with Gasteiger partial charge in [-0.2, -0.15) is 0 Å². The fourth-order valence-electron chi connectivity index (χ4n) is 3.06. The molecule has 0 spiro atoms. The summed E-state index contributed by atoms with van der Waals surface area (Å²) in [4.78, 5) is 8.11. The molecule has 19 heavy (non-hydrogen) atoms. The SMILES string of the molecule is CC(NC1CCCCCC1)c1nc2ccccc2[nH]1. The highest BCUT2D eigenvalue weighted by molar-refractivity contribution is 5.74. The maximum Gasteiger partial charge on any atom is 0.124 e. The van der Waals surface area contributed by atoms with Crippen LogP contribution in [-0.2, 0) is 0 Å². The molecule has 1 aliphatic carbocycles. The second-order valence-electron chi connectivity index (χ2n) is 5.72. The lowest BCUT2D eigenvalue weighted by molar-refractivity contribution is 0.406. The Hall–Kier alpha value is -1.35. The second kappa shape index (κ2) is 5.74. The van der Waals surface area contributed by atoms with Crippen LogP contribution in [0, 0.1) is 0 Å². The minimum Gasteiger partial charge on any atom is -0.341 e. The highest BCUT2D eigenvalue weighted by Crippen LogP contribution is 2.21. The molecule has 1 aromatic carbocycles. The molecule has 2 aromatic rings. The van der Waals surface area contributed by atoms with E-state index in [1.165, 1.54) is 38.5 Å². The van der Waals surface area contributed by atoms with Crippen LogP contribution in [0.1, 0.15) is 57.3 Å². The van der Waals surface area contributed by atoms with E-state index in [4.69, 9.17) is 0 Å². The van der Waals surface area contributed by atoms with E-state index in [9.17, 15) is 0 Å². The Balaban J connectivity index is 1.70. The van der Waals surface area contributed by atoms with Gasteiger partial charge < -0.3 is 10.3 Å². The molecule has 3 nitrogen and oxygen atoms in total. The predicted molar refractivity (Wildman–Crippen MR) is 79.1 cm³/mol. The number of H-pyrrole nitrogens is 1. The van der Waals surface area contributed by atoms with Gasteiger partial charge in [0.25, 0.3) is 0 Å². The molecule has 1 saturated carbocycles. The first kappa shape index (κ1) is 12.7. The number of rotatable bonds is 3. The number of benzene rings is 1. The number of aromatic amines is 1. The fraction of sp³-hybridized carbons (Fsp3) is 0.562. The maximum atomic E-state index is 4.68. The van der Waals surface area contributed by atoms with E-state index in [-0.39, 0.29) is 0 Å². The van der Waals surface area contributed by atoms with Crippen LogP contribution in [0.15, 0.2) is 24.3 Å². The molecule has 1 atom stereocenters. The number of aromatic nitrogens is 2. The van der Waals surface area contributed by atoms with Crippen LogP contribution in [-0.4, -0.2) is 16.0 Å². The average molecular weight is 257 g/mol. The molecule has 102 valence electrons. The van der Waals surface area contributed by atoms with E-state index in [0.717, 1.165) is 16.9 Å². The Kier molecular flexibility index (Phi) is 3.83. The van der Waals surface area contributed by atoms with Gasteiger partial charge >= 0.3 is 0 Å². The van der Waals surface area contributed by atoms with Gasteiger partial charge in [0.05, 0.1) is 17.1 Å². The zero-order chi connectivity index (χ0) is 13.1. The van der Waals surface area contributed by atoms with Crippen molar-refractivity contribution in [3.63, 3.8) is 0 Å². The Morgan fingerprint density at radius 2 is 1.89 bits per heavy atom. The second-order valence-corrected chi connectivity index (χ2v) is 5.72. The summed E-state index contributed by atoms with van der Waals surface area (Å²) in [5.74, 6) is 1.06. The van der Waals surface area contributed by atoms with Crippen LogP contribution in [0.25, 0.3) is 11.0 Å². The van der Waals surface area contributed by atoms with Crippen molar-refractivity contribution < 1.29 is 0 Å². The van der Waals surface area contributed by atoms with Gasteiger partial charge in [-0.15, -0.1) is 0 Å². The molecule has 2 N–H and O–H groups in total. The van der Waals surface area contributed by atoms with E-state index >= 15 is 0 Å². The summed E-state index contributed by atoms with van der Waals surface area (Å²) in [6.07, 6.45) is 8.15. The van der Waals surface area contributed by atoms with Crippen molar-refractivity contribution in [2.75, 3.05) is 0 Å². The van der Waals surface area contributed by atoms with Gasteiger partial charge in [0.2, 0.25) is 0 Å². The summed E-state index contributed by atoms with van der Waals surface area (Å²) in [6.45, 7) is 2.21. The van der Waals surface area contributed by atoms with Gasteiger partial charge in [-0.05, 0) is 31.9 Å². The summed E-state index contributed by atoms with van der Waals surface area (Å²) < 4.78 is 0. The number of hydrogen-bond donors (Lipinski definition) is 2. The molecule has 0 saturated heterocycles. The third-order valence-corrected chi connectivity index (χ3v) is 4.16. The first-order chi connectivity index (χ1) is 9.33. The normalized spacial score (nSPS) is 19.4. The van der Waals surface area contributed by atoms with Gasteiger partial charge in [-0.1, -0.05) is 37.8 Å². The van der Waals surface area contributed by atoms with Crippen LogP contribution >= 0.6 is 0 Å². The Morgan fingerprint density at radius 3 is 2.63 bits per heavy atom. The quantitative estimate of drug-likeness (QED) is 0.818. The monoisotopic (exact) mass is 257 g/mol. The van der Waals surface area contributed by atoms with E-state index in [1.807, 2.05) is 12.1 Å². The summed E-state index contributed by atoms with van der Waals surface area (Å²) in [6, 6.07) is 9.20. The minimum absolute atomic E-state index is 0.301. The number of nitrogens with one attached hydrogen (secondary N) is 2. The standard InChI is InChI=1S/C16H23N3/c1-12(17-13-8-4-2-3-5-9-13)16-18-14-10-6-7-11-15(14)19-16/h6-7,10-13,17H,2-5,8-9H2,1H3,(H,18,19). The summed E-state index contributed by atoms with van der Waals surface area (Å²) in [7, 11) is 0. The van der Waals surface area contributed by atoms with Gasteiger partial charge in [0.15, 0.2) is 0 Å². The van der Waals surface area contributed by atoms with Crippen molar-refractivity contribution in [1.29, 1.82) is 0 Å². The van der Waals surface area contributed by atoms with Crippen LogP contribution in [0.5, 0.6) is 0 Å². The lowest BCUT2D eigenvalue weighted by Crippen LogP contribution is -2.31. The van der Waals surface area contributed by atoms with Crippen LogP contribution < -0.4 is 5.32 Å². The molecule has 0 radical (unpaired) electrons. The molecule has 1 heterocycles. The number of hydrogen-bond acceptors (Lipinski definition) is 2. The largest absolute Gasteiger partial charge is 0.341 e. The molecule has 1 aliphatic rings. The van der Waals surface area contributed by atoms with Crippen LogP contribution in [0.3, 0.4) is 0 Å². The van der Waals surface area contributed by atoms with E-state index < -0.39 is 0 Å². The van der Waals surface area contributed by atoms with Gasteiger partial charge in [0.1, 0.15) is 5.82 Å². The smallest absolute Gasteiger partial charge is 0.124 e. The summed E-state index contributed by atoms with van der Waals surface area (Å²) in [5, 5.41) is 3.74. The molecule has 0 amide bonds. The number of fused-ring (bicyclic) bond motifs is 1. The van der Waals surface area contributed by atoms with Crippen molar-refractivity contribution in [2.45, 2.75) is 57.5 Å². The summed E-state index contributed by atoms with van der Waals surface area (Å²) >= 11 is 0. The zero-order valence-electron chi connectivity index (χ0n) is 11.7. The lowest BCUT2D eigenvalue weighted by atomic mass is 10.1. The molecule has 1 fully saturated rings. The van der Waals surface area contributed by atoms with Crippen molar-refractivity contribution >= 4 is 11.0 Å². The van der Waals surface area contributed by atoms with Crippen LogP contribution in [0.2, 0.25) is 0 Å². The lowest BCUT2D eigenvalue weighted by Gasteiger charge is -2.20. The van der Waals surface area contributed by atoms with E-state index in [1.54, 1.807) is 0 Å². The molecular weight excluding hydrogens is 234 g/mol. The third-order valence-electron chi connectivity index (χ3n) is 4.16. The molecule has 1 aromatic heterocycles. The first-order valence-corrected chi connectivity index (χ1v) is 7.53. The van der Waals surface area contributed by atoms with E-state index in [2.05, 4.69) is 34.3 Å². The highest BCUT2D eigenvalue weighted by atomic mass is 15.0. The number of para-hydroxylation sites is 2. The van der Waals surface area contributed by atoms with E-state index in [0.29, 0.717) is 12.1 Å². The van der Waals surface area contributed by atoms with Crippen molar-refractivity contribution in [3.05, 3.63) is 30.1 Å². The highest BCUT2D eigenvalue weighted by Gasteiger charge is 2.17. The van der Waals surface area contributed by atoms with Gasteiger partial charge in [0, 0.05) is 6.04 Å². The number of nitrogens with zero attached hydrogens (tertiary/aromatic N) is 1. The van der Waals surface area contributed by atoms with Gasteiger partial charge in [-0.25, -0.2) is 4.98 Å². The molecule has 1 unspecified atom stereocenters. The van der Waals surface area contributed by atoms with Crippen molar-refractivity contribution in [3.8, 4) is 0 Å². The zero-order valence-corrected chi connectivity index (χ0v) is 11.7. The van der Waals surface area contributed by atoms with Crippen LogP contribution in [0.4, 0.5) is 0 Å². The average Bonchev–Trinajstić information content (AvgIpc) is 2.70. The topological polar surface area (TPSA) is 40.7 Å². The molecular formula is C16H23N3. The summed E-state index contributed by atoms with van der Waals surface area (Å²) in [5.41, 5.74) is 2.19. The Labute approximate surface area is 114 Å².